The molecule has 5 nitrogen and oxygen atoms in total. The lowest BCUT2D eigenvalue weighted by Crippen LogP contribution is -2.19. The molecule has 0 amide bonds. The van der Waals surface area contributed by atoms with Crippen molar-refractivity contribution >= 4 is 23.2 Å². The normalized spacial score (nSPS) is 13.9. The molecule has 1 fully saturated rings. The summed E-state index contributed by atoms with van der Waals surface area (Å²) >= 11 is 0. The topological polar surface area (TPSA) is 72.5 Å². The van der Waals surface area contributed by atoms with Gasteiger partial charge in [0.05, 0.1) is 17.7 Å². The maximum Gasteiger partial charge on any atom is 0.338 e. The Morgan fingerprint density at radius 2 is 1.42 bits per heavy atom. The number of carbonyl (C=O) groups is 3. The van der Waals surface area contributed by atoms with Gasteiger partial charge in [0, 0.05) is 24.7 Å². The van der Waals surface area contributed by atoms with Gasteiger partial charge >= 0.3 is 5.97 Å². The lowest BCUT2D eigenvalue weighted by Gasteiger charge is -2.12. The molecule has 1 saturated carbocycles. The molecule has 2 rings (SSSR count). The van der Waals surface area contributed by atoms with E-state index in [1.54, 1.807) is 24.3 Å². The smallest absolute Gasteiger partial charge is 0.338 e. The number of Topliss-reactive ketones (excluding diaryl/α,β-unsaturated/α-hetero) is 2. The summed E-state index contributed by atoms with van der Waals surface area (Å²) in [7, 11) is 0. The molecule has 0 saturated heterocycles. The van der Waals surface area contributed by atoms with Crippen LogP contribution < -0.4 is 5.32 Å². The Balaban J connectivity index is 1.60. The number of benzene rings is 1. The third kappa shape index (κ3) is 9.50. The van der Waals surface area contributed by atoms with E-state index in [-0.39, 0.29) is 23.1 Å². The van der Waals surface area contributed by atoms with Crippen molar-refractivity contribution < 1.29 is 19.1 Å². The van der Waals surface area contributed by atoms with Crippen molar-refractivity contribution in [2.24, 2.45) is 0 Å². The van der Waals surface area contributed by atoms with Crippen molar-refractivity contribution in [1.29, 1.82) is 0 Å². The molecule has 0 spiro atoms. The Kier molecular flexibility index (Phi) is 11.7. The second kappa shape index (κ2) is 14.6. The summed E-state index contributed by atoms with van der Waals surface area (Å²) in [6.07, 6.45) is 15.4. The van der Waals surface area contributed by atoms with E-state index in [1.807, 2.05) is 0 Å². The number of ether oxygens (including phenoxy) is 1. The van der Waals surface area contributed by atoms with Gasteiger partial charge in [-0.3, -0.25) is 9.59 Å². The summed E-state index contributed by atoms with van der Waals surface area (Å²) in [5.74, 6) is -0.551. The number of esters is 1. The monoisotopic (exact) mass is 427 g/mol. The largest absolute Gasteiger partial charge is 0.462 e. The first-order valence-electron chi connectivity index (χ1n) is 11.9. The molecule has 31 heavy (non-hydrogen) atoms. The van der Waals surface area contributed by atoms with Gasteiger partial charge in [0.25, 0.3) is 0 Å². The van der Waals surface area contributed by atoms with E-state index in [0.29, 0.717) is 37.1 Å². The minimum absolute atomic E-state index is 0.115. The van der Waals surface area contributed by atoms with Gasteiger partial charge in [-0.25, -0.2) is 4.79 Å². The van der Waals surface area contributed by atoms with Crippen molar-refractivity contribution in [1.82, 2.24) is 0 Å². The average molecular weight is 428 g/mol. The van der Waals surface area contributed by atoms with Gasteiger partial charge in [-0.1, -0.05) is 64.7 Å². The number of hydrogen-bond acceptors (Lipinski definition) is 5. The molecule has 0 atom stereocenters. The number of ketones is 2. The first-order chi connectivity index (χ1) is 15.1. The van der Waals surface area contributed by atoms with Crippen molar-refractivity contribution in [3.8, 4) is 0 Å². The molecule has 1 aliphatic rings. The molecule has 5 heteroatoms. The number of hydrogen-bond donors (Lipinski definition) is 1. The van der Waals surface area contributed by atoms with E-state index in [1.165, 1.54) is 57.6 Å². The van der Waals surface area contributed by atoms with E-state index in [2.05, 4.69) is 12.2 Å². The summed E-state index contributed by atoms with van der Waals surface area (Å²) in [6.45, 7) is 2.69. The van der Waals surface area contributed by atoms with E-state index in [4.69, 9.17) is 4.74 Å². The highest BCUT2D eigenvalue weighted by Gasteiger charge is 2.22. The van der Waals surface area contributed by atoms with Crippen LogP contribution in [-0.4, -0.2) is 24.1 Å². The Morgan fingerprint density at radius 3 is 2.00 bits per heavy atom. The lowest BCUT2D eigenvalue weighted by molar-refractivity contribution is -0.123. The molecule has 0 radical (unpaired) electrons. The van der Waals surface area contributed by atoms with E-state index >= 15 is 0 Å². The zero-order chi connectivity index (χ0) is 22.3. The van der Waals surface area contributed by atoms with Gasteiger partial charge in [-0.05, 0) is 37.1 Å². The van der Waals surface area contributed by atoms with E-state index in [0.717, 1.165) is 12.8 Å². The van der Waals surface area contributed by atoms with Gasteiger partial charge < -0.3 is 10.1 Å². The predicted octanol–water partition coefficient (Wildman–Crippen LogP) is 6.38. The van der Waals surface area contributed by atoms with Gasteiger partial charge in [0.1, 0.15) is 0 Å². The quantitative estimate of drug-likeness (QED) is 0.161. The van der Waals surface area contributed by atoms with Crippen LogP contribution in [0.5, 0.6) is 0 Å². The molecule has 1 aliphatic carbocycles. The summed E-state index contributed by atoms with van der Waals surface area (Å²) in [4.78, 5) is 35.8. The fraction of sp³-hybridized carbons (Fsp3) is 0.577. The fourth-order valence-electron chi connectivity index (χ4n) is 3.69. The summed E-state index contributed by atoms with van der Waals surface area (Å²) in [6, 6.07) is 6.86. The second-order valence-electron chi connectivity index (χ2n) is 8.30. The number of rotatable bonds is 14. The number of unbranched alkanes of at least 4 members (excludes halogenated alkanes) is 9. The van der Waals surface area contributed by atoms with Crippen molar-refractivity contribution in [2.75, 3.05) is 11.9 Å². The Hall–Kier alpha value is -2.43. The Labute approximate surface area is 186 Å². The molecule has 1 aromatic rings. The SMILES string of the molecule is CCCCCCCCCCCCOC(=O)c1ccc(NC=C2C(=O)CCCC2=O)cc1. The zero-order valence-corrected chi connectivity index (χ0v) is 18.9. The van der Waals surface area contributed by atoms with Crippen LogP contribution >= 0.6 is 0 Å². The highest BCUT2D eigenvalue weighted by molar-refractivity contribution is 6.21. The minimum atomic E-state index is -0.321. The van der Waals surface area contributed by atoms with Crippen LogP contribution in [0.15, 0.2) is 36.0 Å². The molecule has 170 valence electrons. The van der Waals surface area contributed by atoms with Gasteiger partial charge in [0.15, 0.2) is 11.6 Å². The van der Waals surface area contributed by atoms with Crippen LogP contribution in [0.25, 0.3) is 0 Å². The van der Waals surface area contributed by atoms with Crippen molar-refractivity contribution in [3.05, 3.63) is 41.6 Å². The fourth-order valence-corrected chi connectivity index (χ4v) is 3.69. The van der Waals surface area contributed by atoms with Crippen LogP contribution in [0, 0.1) is 0 Å². The summed E-state index contributed by atoms with van der Waals surface area (Å²) in [5, 5.41) is 2.98. The predicted molar refractivity (Wildman–Crippen MR) is 124 cm³/mol. The van der Waals surface area contributed by atoms with Gasteiger partial charge in [-0.15, -0.1) is 0 Å². The number of anilines is 1. The first kappa shape index (κ1) is 24.8. The molecule has 1 aromatic carbocycles. The maximum atomic E-state index is 12.2. The third-order valence-electron chi connectivity index (χ3n) is 5.64. The highest BCUT2D eigenvalue weighted by atomic mass is 16.5. The molecule has 0 aromatic heterocycles. The highest BCUT2D eigenvalue weighted by Crippen LogP contribution is 2.18. The van der Waals surface area contributed by atoms with Crippen LogP contribution in [0.3, 0.4) is 0 Å². The van der Waals surface area contributed by atoms with E-state index in [9.17, 15) is 14.4 Å². The minimum Gasteiger partial charge on any atom is -0.462 e. The first-order valence-corrected chi connectivity index (χ1v) is 11.9. The van der Waals surface area contributed by atoms with Crippen LogP contribution in [0.2, 0.25) is 0 Å². The number of allylic oxidation sites excluding steroid dienone is 1. The Bertz CT molecular complexity index is 718. The Morgan fingerprint density at radius 1 is 0.871 bits per heavy atom. The molecule has 0 unspecified atom stereocenters. The standard InChI is InChI=1S/C26H37NO4/c1-2-3-4-5-6-7-8-9-10-11-19-31-26(30)21-15-17-22(18-16-21)27-20-23-24(28)13-12-14-25(23)29/h15-18,20,27H,2-14,19H2,1H3. The third-order valence-corrected chi connectivity index (χ3v) is 5.64. The van der Waals surface area contributed by atoms with Crippen LogP contribution in [-0.2, 0) is 14.3 Å². The average Bonchev–Trinajstić information content (AvgIpc) is 2.77. The zero-order valence-electron chi connectivity index (χ0n) is 18.9. The number of nitrogens with one attached hydrogen (secondary N) is 1. The van der Waals surface area contributed by atoms with Crippen LogP contribution in [0.4, 0.5) is 5.69 Å². The molecular formula is C26H37NO4. The summed E-state index contributed by atoms with van der Waals surface area (Å²) in [5.41, 5.74) is 1.44. The second-order valence-corrected chi connectivity index (χ2v) is 8.30. The molecular weight excluding hydrogens is 390 g/mol. The number of carbonyl (C=O) groups excluding carboxylic acids is 3. The lowest BCUT2D eigenvalue weighted by atomic mass is 9.93. The van der Waals surface area contributed by atoms with E-state index < -0.39 is 0 Å². The van der Waals surface area contributed by atoms with Crippen LogP contribution in [0.1, 0.15) is 101 Å². The summed E-state index contributed by atoms with van der Waals surface area (Å²) < 4.78 is 5.36. The molecule has 0 heterocycles. The van der Waals surface area contributed by atoms with Crippen molar-refractivity contribution in [3.63, 3.8) is 0 Å². The van der Waals surface area contributed by atoms with Gasteiger partial charge in [0.2, 0.25) is 0 Å². The molecule has 0 aliphatic heterocycles. The maximum absolute atomic E-state index is 12.2. The van der Waals surface area contributed by atoms with Crippen molar-refractivity contribution in [2.45, 2.75) is 90.4 Å². The molecule has 0 bridgehead atoms. The van der Waals surface area contributed by atoms with Gasteiger partial charge in [-0.2, -0.15) is 0 Å². The molecule has 1 N–H and O–H groups in total.